The Hall–Kier alpha value is -3.75. The highest BCUT2D eigenvalue weighted by Crippen LogP contribution is 2.39. The molecule has 2 aromatic rings. The molecule has 2 saturated heterocycles. The van der Waals surface area contributed by atoms with Crippen molar-refractivity contribution in [3.63, 3.8) is 0 Å². The van der Waals surface area contributed by atoms with Crippen molar-refractivity contribution in [2.75, 3.05) is 49.7 Å². The zero-order chi connectivity index (χ0) is 28.0. The van der Waals surface area contributed by atoms with Crippen molar-refractivity contribution in [2.45, 2.75) is 57.4 Å². The molecular formula is C31H41N5O4. The smallest absolute Gasteiger partial charge is 0.321 e. The fraction of sp³-hybridized carbons (Fsp3) is 0.516. The number of amides is 4. The Kier molecular flexibility index (Phi) is 8.77. The van der Waals surface area contributed by atoms with Crippen molar-refractivity contribution in [3.05, 3.63) is 54.6 Å². The molecule has 1 spiro atoms. The largest absolute Gasteiger partial charge is 0.494 e. The minimum Gasteiger partial charge on any atom is -0.494 e. The van der Waals surface area contributed by atoms with Crippen LogP contribution in [0, 0.1) is 5.92 Å². The quantitative estimate of drug-likeness (QED) is 0.509. The first-order valence-corrected chi connectivity index (χ1v) is 14.7. The average Bonchev–Trinajstić information content (AvgIpc) is 3.24. The van der Waals surface area contributed by atoms with Crippen molar-refractivity contribution >= 4 is 29.2 Å². The third-order valence-electron chi connectivity index (χ3n) is 8.52. The molecule has 4 amide bonds. The fourth-order valence-corrected chi connectivity index (χ4v) is 6.28. The van der Waals surface area contributed by atoms with Crippen LogP contribution >= 0.6 is 0 Å². The third kappa shape index (κ3) is 6.18. The van der Waals surface area contributed by atoms with Gasteiger partial charge in [0.05, 0.1) is 13.3 Å². The maximum absolute atomic E-state index is 13.9. The topological polar surface area (TPSA) is 94.2 Å². The fourth-order valence-electron chi connectivity index (χ4n) is 6.28. The van der Waals surface area contributed by atoms with Gasteiger partial charge in [0, 0.05) is 31.0 Å². The van der Waals surface area contributed by atoms with Crippen LogP contribution in [-0.2, 0) is 9.59 Å². The summed E-state index contributed by atoms with van der Waals surface area (Å²) in [5.41, 5.74) is 0.872. The van der Waals surface area contributed by atoms with Gasteiger partial charge >= 0.3 is 6.03 Å². The van der Waals surface area contributed by atoms with Gasteiger partial charge in [-0.2, -0.15) is 0 Å². The molecule has 2 heterocycles. The van der Waals surface area contributed by atoms with E-state index >= 15 is 0 Å². The molecule has 2 N–H and O–H groups in total. The Balaban J connectivity index is 1.23. The first kappa shape index (κ1) is 27.8. The summed E-state index contributed by atoms with van der Waals surface area (Å²) in [5, 5.41) is 6.04. The molecule has 0 radical (unpaired) electrons. The number of nitrogens with one attached hydrogen (secondary N) is 2. The van der Waals surface area contributed by atoms with Crippen LogP contribution in [0.1, 0.15) is 51.9 Å². The minimum atomic E-state index is -0.777. The Labute approximate surface area is 236 Å². The molecule has 5 rings (SSSR count). The molecule has 0 atom stereocenters. The minimum absolute atomic E-state index is 0.0317. The van der Waals surface area contributed by atoms with Crippen LogP contribution in [0.2, 0.25) is 0 Å². The van der Waals surface area contributed by atoms with Gasteiger partial charge in [-0.1, -0.05) is 37.5 Å². The number of hydrogen-bond acceptors (Lipinski definition) is 5. The van der Waals surface area contributed by atoms with E-state index in [-0.39, 0.29) is 24.4 Å². The Morgan fingerprint density at radius 3 is 2.35 bits per heavy atom. The predicted octanol–water partition coefficient (Wildman–Crippen LogP) is 4.45. The van der Waals surface area contributed by atoms with Crippen LogP contribution in [0.5, 0.6) is 5.75 Å². The first-order valence-electron chi connectivity index (χ1n) is 14.7. The number of ether oxygens (including phenoxy) is 1. The van der Waals surface area contributed by atoms with Gasteiger partial charge in [-0.25, -0.2) is 4.79 Å². The van der Waals surface area contributed by atoms with Crippen molar-refractivity contribution in [1.82, 2.24) is 15.1 Å². The van der Waals surface area contributed by atoms with E-state index in [1.165, 1.54) is 19.3 Å². The summed E-state index contributed by atoms with van der Waals surface area (Å²) in [6, 6.07) is 17.0. The second kappa shape index (κ2) is 12.6. The maximum Gasteiger partial charge on any atom is 0.321 e. The van der Waals surface area contributed by atoms with Crippen molar-refractivity contribution in [2.24, 2.45) is 5.92 Å². The van der Waals surface area contributed by atoms with Crippen LogP contribution in [0.15, 0.2) is 54.6 Å². The molecular weight excluding hydrogens is 506 g/mol. The normalized spacial score (nSPS) is 19.1. The second-order valence-corrected chi connectivity index (χ2v) is 11.1. The molecule has 1 aliphatic carbocycles. The summed E-state index contributed by atoms with van der Waals surface area (Å²) in [6.45, 7) is 4.50. The molecule has 2 aliphatic heterocycles. The number of urea groups is 1. The number of carbonyl (C=O) groups excluding carboxylic acids is 3. The number of carbonyl (C=O) groups is 3. The Morgan fingerprint density at radius 2 is 1.68 bits per heavy atom. The molecule has 9 nitrogen and oxygen atoms in total. The number of benzene rings is 2. The number of likely N-dealkylation sites (tertiary alicyclic amines) is 1. The van der Waals surface area contributed by atoms with Crippen molar-refractivity contribution in [3.8, 4) is 5.75 Å². The molecule has 40 heavy (non-hydrogen) atoms. The monoisotopic (exact) mass is 547 g/mol. The van der Waals surface area contributed by atoms with Crippen LogP contribution in [-0.4, -0.2) is 72.6 Å². The summed E-state index contributed by atoms with van der Waals surface area (Å²) in [7, 11) is 0. The summed E-state index contributed by atoms with van der Waals surface area (Å²) in [4.78, 5) is 45.4. The standard InChI is InChI=1S/C31H41N5O4/c1-2-40-27-15-13-25(14-16-27)33-30(39)34-19-17-31(18-20-34)29(38)35(23-36(31)26-11-7-4-8-12-26)22-28(37)32-21-24-9-5-3-6-10-24/h4,7-8,11-16,24H,2-3,5-6,9-10,17-23H2,1H3,(H,32,37)(H,33,39). The van der Waals surface area contributed by atoms with Gasteiger partial charge in [0.25, 0.3) is 5.91 Å². The molecule has 3 fully saturated rings. The second-order valence-electron chi connectivity index (χ2n) is 11.1. The molecule has 0 aromatic heterocycles. The van der Waals surface area contributed by atoms with Crippen LogP contribution < -0.4 is 20.3 Å². The summed E-state index contributed by atoms with van der Waals surface area (Å²) in [6.07, 6.45) is 7.07. The summed E-state index contributed by atoms with van der Waals surface area (Å²) >= 11 is 0. The van der Waals surface area contributed by atoms with E-state index in [0.29, 0.717) is 57.4 Å². The van der Waals surface area contributed by atoms with Gasteiger partial charge in [0.1, 0.15) is 17.8 Å². The zero-order valence-corrected chi connectivity index (χ0v) is 23.4. The van der Waals surface area contributed by atoms with Gasteiger partial charge in [0.15, 0.2) is 0 Å². The third-order valence-corrected chi connectivity index (χ3v) is 8.52. The molecule has 3 aliphatic rings. The van der Waals surface area contributed by atoms with E-state index in [1.807, 2.05) is 61.5 Å². The molecule has 0 unspecified atom stereocenters. The highest BCUT2D eigenvalue weighted by Gasteiger charge is 2.54. The number of para-hydroxylation sites is 1. The SMILES string of the molecule is CCOc1ccc(NC(=O)N2CCC3(CC2)C(=O)N(CC(=O)NCC2CCCCC2)CN3c2ccccc2)cc1. The lowest BCUT2D eigenvalue weighted by atomic mass is 9.85. The lowest BCUT2D eigenvalue weighted by Crippen LogP contribution is -2.58. The number of nitrogens with zero attached hydrogens (tertiary/aromatic N) is 3. The first-order chi connectivity index (χ1) is 19.5. The Bertz CT molecular complexity index is 1160. The van der Waals surface area contributed by atoms with Gasteiger partial charge in [-0.05, 0) is 74.9 Å². The Morgan fingerprint density at radius 1 is 0.975 bits per heavy atom. The van der Waals surface area contributed by atoms with Crippen molar-refractivity contribution in [1.29, 1.82) is 0 Å². The molecule has 214 valence electrons. The molecule has 2 aromatic carbocycles. The number of hydrogen-bond donors (Lipinski definition) is 2. The van der Waals surface area contributed by atoms with Crippen LogP contribution in [0.25, 0.3) is 0 Å². The lowest BCUT2D eigenvalue weighted by molar-refractivity contribution is -0.137. The predicted molar refractivity (Wildman–Crippen MR) is 155 cm³/mol. The average molecular weight is 548 g/mol. The molecule has 9 heteroatoms. The summed E-state index contributed by atoms with van der Waals surface area (Å²) in [5.74, 6) is 1.16. The highest BCUT2D eigenvalue weighted by molar-refractivity contribution is 5.97. The van der Waals surface area contributed by atoms with E-state index in [0.717, 1.165) is 24.3 Å². The van der Waals surface area contributed by atoms with Crippen molar-refractivity contribution < 1.29 is 19.1 Å². The van der Waals surface area contributed by atoms with Crippen LogP contribution in [0.4, 0.5) is 16.2 Å². The van der Waals surface area contributed by atoms with Gasteiger partial charge in [-0.15, -0.1) is 0 Å². The van der Waals surface area contributed by atoms with Crippen LogP contribution in [0.3, 0.4) is 0 Å². The molecule has 0 bridgehead atoms. The summed E-state index contributed by atoms with van der Waals surface area (Å²) < 4.78 is 5.48. The van der Waals surface area contributed by atoms with E-state index in [4.69, 9.17) is 4.74 Å². The number of piperidine rings is 1. The highest BCUT2D eigenvalue weighted by atomic mass is 16.5. The number of anilines is 2. The zero-order valence-electron chi connectivity index (χ0n) is 23.4. The maximum atomic E-state index is 13.9. The van der Waals surface area contributed by atoms with Gasteiger partial charge in [0.2, 0.25) is 5.91 Å². The van der Waals surface area contributed by atoms with E-state index < -0.39 is 5.54 Å². The number of rotatable bonds is 8. The van der Waals surface area contributed by atoms with E-state index in [2.05, 4.69) is 15.5 Å². The van der Waals surface area contributed by atoms with E-state index in [1.54, 1.807) is 9.80 Å². The van der Waals surface area contributed by atoms with Gasteiger partial charge < -0.3 is 30.1 Å². The lowest BCUT2D eigenvalue weighted by Gasteiger charge is -2.43. The molecule has 1 saturated carbocycles. The van der Waals surface area contributed by atoms with Gasteiger partial charge in [-0.3, -0.25) is 9.59 Å². The van der Waals surface area contributed by atoms with E-state index in [9.17, 15) is 14.4 Å².